The van der Waals surface area contributed by atoms with Crippen LogP contribution in [0.1, 0.15) is 19.4 Å². The Balaban J connectivity index is 0.000000671. The normalized spacial score (nSPS) is 8.85. The van der Waals surface area contributed by atoms with E-state index in [2.05, 4.69) is 0 Å². The minimum atomic E-state index is 0.311. The summed E-state index contributed by atoms with van der Waals surface area (Å²) in [5.74, 6) is 0.311. The molecule has 74 valence electrons. The predicted octanol–water partition coefficient (Wildman–Crippen LogP) is 2.61. The lowest BCUT2D eigenvalue weighted by Gasteiger charge is -1.99. The summed E-state index contributed by atoms with van der Waals surface area (Å²) in [5, 5.41) is 8.95. The molecule has 0 bridgehead atoms. The molecule has 0 unspecified atom stereocenters. The molecule has 2 nitrogen and oxygen atoms in total. The standard InChI is InChI=1S/C9H12O2.C2H6/c1-11-7-6-8-2-4-9(10)5-3-8;1-2/h2-5,10H,6-7H2,1H3;1-2H3. The van der Waals surface area contributed by atoms with Crippen LogP contribution in [0.3, 0.4) is 0 Å². The smallest absolute Gasteiger partial charge is 0.115 e. The number of hydrogen-bond acceptors (Lipinski definition) is 2. The first-order chi connectivity index (χ1) is 6.33. The van der Waals surface area contributed by atoms with Gasteiger partial charge in [-0.05, 0) is 24.1 Å². The summed E-state index contributed by atoms with van der Waals surface area (Å²) in [7, 11) is 1.68. The van der Waals surface area contributed by atoms with Gasteiger partial charge in [0.15, 0.2) is 0 Å². The maximum atomic E-state index is 8.95. The molecule has 0 saturated heterocycles. The Hall–Kier alpha value is -1.02. The summed E-state index contributed by atoms with van der Waals surface area (Å²) < 4.78 is 4.91. The molecule has 13 heavy (non-hydrogen) atoms. The van der Waals surface area contributed by atoms with Gasteiger partial charge in [-0.25, -0.2) is 0 Å². The van der Waals surface area contributed by atoms with Gasteiger partial charge in [0.1, 0.15) is 5.75 Å². The highest BCUT2D eigenvalue weighted by Gasteiger charge is 1.91. The van der Waals surface area contributed by atoms with Crippen molar-refractivity contribution in [1.82, 2.24) is 0 Å². The second-order valence-corrected chi connectivity index (χ2v) is 2.41. The van der Waals surface area contributed by atoms with Gasteiger partial charge in [0.25, 0.3) is 0 Å². The minimum Gasteiger partial charge on any atom is -0.508 e. The van der Waals surface area contributed by atoms with Crippen LogP contribution in [0, 0.1) is 0 Å². The maximum absolute atomic E-state index is 8.95. The van der Waals surface area contributed by atoms with Crippen LogP contribution in [-0.2, 0) is 11.2 Å². The fraction of sp³-hybridized carbons (Fsp3) is 0.455. The predicted molar refractivity (Wildman–Crippen MR) is 55.0 cm³/mol. The van der Waals surface area contributed by atoms with E-state index in [1.807, 2.05) is 26.0 Å². The van der Waals surface area contributed by atoms with E-state index in [0.29, 0.717) is 5.75 Å². The average molecular weight is 182 g/mol. The molecule has 0 aliphatic rings. The van der Waals surface area contributed by atoms with Crippen LogP contribution in [0.5, 0.6) is 5.75 Å². The van der Waals surface area contributed by atoms with Crippen molar-refractivity contribution >= 4 is 0 Å². The summed E-state index contributed by atoms with van der Waals surface area (Å²) in [4.78, 5) is 0. The molecule has 1 aromatic rings. The van der Waals surface area contributed by atoms with Crippen molar-refractivity contribution in [1.29, 1.82) is 0 Å². The van der Waals surface area contributed by atoms with Gasteiger partial charge >= 0.3 is 0 Å². The van der Waals surface area contributed by atoms with Crippen LogP contribution in [0.2, 0.25) is 0 Å². The summed E-state index contributed by atoms with van der Waals surface area (Å²) in [6, 6.07) is 7.17. The highest BCUT2D eigenvalue weighted by atomic mass is 16.5. The van der Waals surface area contributed by atoms with Gasteiger partial charge in [0.05, 0.1) is 6.61 Å². The van der Waals surface area contributed by atoms with Crippen molar-refractivity contribution in [2.75, 3.05) is 13.7 Å². The molecule has 0 saturated carbocycles. The van der Waals surface area contributed by atoms with Crippen molar-refractivity contribution < 1.29 is 9.84 Å². The van der Waals surface area contributed by atoms with Crippen molar-refractivity contribution in [3.8, 4) is 5.75 Å². The summed E-state index contributed by atoms with van der Waals surface area (Å²) >= 11 is 0. The Morgan fingerprint density at radius 3 is 2.15 bits per heavy atom. The third kappa shape index (κ3) is 5.26. The van der Waals surface area contributed by atoms with Gasteiger partial charge in [-0.15, -0.1) is 0 Å². The fourth-order valence-corrected chi connectivity index (χ4v) is 0.883. The number of benzene rings is 1. The van der Waals surface area contributed by atoms with E-state index in [-0.39, 0.29) is 0 Å². The number of rotatable bonds is 3. The molecule has 1 aromatic carbocycles. The molecule has 0 aliphatic carbocycles. The monoisotopic (exact) mass is 182 g/mol. The highest BCUT2D eigenvalue weighted by molar-refractivity contribution is 5.25. The van der Waals surface area contributed by atoms with E-state index in [4.69, 9.17) is 9.84 Å². The Morgan fingerprint density at radius 1 is 1.15 bits per heavy atom. The van der Waals surface area contributed by atoms with Gasteiger partial charge in [0, 0.05) is 7.11 Å². The topological polar surface area (TPSA) is 29.5 Å². The summed E-state index contributed by atoms with van der Waals surface area (Å²) in [6.45, 7) is 4.73. The zero-order valence-corrected chi connectivity index (χ0v) is 8.58. The molecule has 0 atom stereocenters. The first-order valence-corrected chi connectivity index (χ1v) is 4.60. The number of ether oxygens (including phenoxy) is 1. The SMILES string of the molecule is CC.COCCc1ccc(O)cc1. The maximum Gasteiger partial charge on any atom is 0.115 e. The van der Waals surface area contributed by atoms with Crippen LogP contribution in [0.15, 0.2) is 24.3 Å². The van der Waals surface area contributed by atoms with Crippen molar-refractivity contribution in [3.05, 3.63) is 29.8 Å². The number of phenolic OH excluding ortho intramolecular Hbond substituents is 1. The lowest BCUT2D eigenvalue weighted by atomic mass is 10.1. The van der Waals surface area contributed by atoms with E-state index in [9.17, 15) is 0 Å². The summed E-state index contributed by atoms with van der Waals surface area (Å²) in [5.41, 5.74) is 1.18. The molecule has 0 spiro atoms. The second kappa shape index (κ2) is 7.62. The van der Waals surface area contributed by atoms with Crippen LogP contribution in [0.25, 0.3) is 0 Å². The number of phenols is 1. The molecular weight excluding hydrogens is 164 g/mol. The van der Waals surface area contributed by atoms with Crippen molar-refractivity contribution in [2.45, 2.75) is 20.3 Å². The van der Waals surface area contributed by atoms with Gasteiger partial charge in [-0.3, -0.25) is 0 Å². The molecule has 2 heteroatoms. The van der Waals surface area contributed by atoms with Gasteiger partial charge in [-0.1, -0.05) is 26.0 Å². The quantitative estimate of drug-likeness (QED) is 0.778. The van der Waals surface area contributed by atoms with Crippen LogP contribution < -0.4 is 0 Å². The number of methoxy groups -OCH3 is 1. The molecule has 0 fully saturated rings. The Morgan fingerprint density at radius 2 is 1.69 bits per heavy atom. The zero-order valence-electron chi connectivity index (χ0n) is 8.58. The Bertz CT molecular complexity index is 204. The third-order valence-corrected chi connectivity index (χ3v) is 1.53. The molecular formula is C11H18O2. The third-order valence-electron chi connectivity index (χ3n) is 1.53. The first kappa shape index (κ1) is 12.0. The van der Waals surface area contributed by atoms with Crippen molar-refractivity contribution in [3.63, 3.8) is 0 Å². The Labute approximate surface area is 80.2 Å². The lowest BCUT2D eigenvalue weighted by Crippen LogP contribution is -1.93. The Kier molecular flexibility index (Phi) is 7.02. The van der Waals surface area contributed by atoms with E-state index in [1.165, 1.54) is 5.56 Å². The van der Waals surface area contributed by atoms with E-state index in [0.717, 1.165) is 13.0 Å². The minimum absolute atomic E-state index is 0.311. The number of aromatic hydroxyl groups is 1. The van der Waals surface area contributed by atoms with Gasteiger partial charge < -0.3 is 9.84 Å². The first-order valence-electron chi connectivity index (χ1n) is 4.60. The van der Waals surface area contributed by atoms with E-state index < -0.39 is 0 Å². The molecule has 0 aliphatic heterocycles. The van der Waals surface area contributed by atoms with Crippen LogP contribution >= 0.6 is 0 Å². The molecule has 0 radical (unpaired) electrons. The summed E-state index contributed by atoms with van der Waals surface area (Å²) in [6.07, 6.45) is 0.900. The highest BCUT2D eigenvalue weighted by Crippen LogP contribution is 2.09. The van der Waals surface area contributed by atoms with Crippen molar-refractivity contribution in [2.24, 2.45) is 0 Å². The van der Waals surface area contributed by atoms with Crippen LogP contribution in [0.4, 0.5) is 0 Å². The van der Waals surface area contributed by atoms with Crippen LogP contribution in [-0.4, -0.2) is 18.8 Å². The zero-order chi connectivity index (χ0) is 10.1. The lowest BCUT2D eigenvalue weighted by molar-refractivity contribution is 0.202. The van der Waals surface area contributed by atoms with E-state index >= 15 is 0 Å². The second-order valence-electron chi connectivity index (χ2n) is 2.41. The van der Waals surface area contributed by atoms with Gasteiger partial charge in [-0.2, -0.15) is 0 Å². The average Bonchev–Trinajstić information content (AvgIpc) is 2.20. The molecule has 0 amide bonds. The molecule has 0 heterocycles. The van der Waals surface area contributed by atoms with E-state index in [1.54, 1.807) is 19.2 Å². The molecule has 1 rings (SSSR count). The largest absolute Gasteiger partial charge is 0.508 e. The number of hydrogen-bond donors (Lipinski definition) is 1. The van der Waals surface area contributed by atoms with Gasteiger partial charge in [0.2, 0.25) is 0 Å². The molecule has 0 aromatic heterocycles. The molecule has 1 N–H and O–H groups in total. The fourth-order valence-electron chi connectivity index (χ4n) is 0.883.